The second-order valence-electron chi connectivity index (χ2n) is 11.6. The smallest absolute Gasteiger partial charge is 0.237 e. The van der Waals surface area contributed by atoms with Gasteiger partial charge in [-0.3, -0.25) is 19.9 Å². The highest BCUT2D eigenvalue weighted by Crippen LogP contribution is 2.43. The molecule has 0 aromatic rings. The Hall–Kier alpha value is -1.67. The Morgan fingerprint density at radius 3 is 2.24 bits per heavy atom. The van der Waals surface area contributed by atoms with Gasteiger partial charge in [-0.15, -0.1) is 0 Å². The molecule has 3 saturated carbocycles. The largest absolute Gasteiger partial charge is 0.394 e. The molecular weight excluding hydrogens is 430 g/mol. The summed E-state index contributed by atoms with van der Waals surface area (Å²) in [5.41, 5.74) is 11.4. The Labute approximate surface area is 204 Å². The lowest BCUT2D eigenvalue weighted by atomic mass is 9.77. The molecule has 4 fully saturated rings. The summed E-state index contributed by atoms with van der Waals surface area (Å²) in [5, 5.41) is 21.3. The molecule has 2 amide bonds. The molecule has 5 atom stereocenters. The van der Waals surface area contributed by atoms with Crippen LogP contribution in [0.1, 0.15) is 83.5 Å². The van der Waals surface area contributed by atoms with E-state index in [1.54, 1.807) is 0 Å². The third-order valence-corrected chi connectivity index (χ3v) is 9.51. The Morgan fingerprint density at radius 1 is 0.941 bits per heavy atom. The summed E-state index contributed by atoms with van der Waals surface area (Å²) in [5.74, 6) is 1.50. The van der Waals surface area contributed by atoms with Crippen LogP contribution in [0.5, 0.6) is 0 Å². The number of primary amides is 1. The molecule has 1 heterocycles. The Morgan fingerprint density at radius 2 is 1.62 bits per heavy atom. The number of rotatable bonds is 8. The maximum Gasteiger partial charge on any atom is 0.237 e. The van der Waals surface area contributed by atoms with Crippen molar-refractivity contribution < 1.29 is 14.7 Å². The van der Waals surface area contributed by atoms with Crippen molar-refractivity contribution >= 4 is 17.6 Å². The van der Waals surface area contributed by atoms with Gasteiger partial charge >= 0.3 is 0 Å². The second-order valence-corrected chi connectivity index (χ2v) is 11.6. The molecule has 1 saturated heterocycles. The van der Waals surface area contributed by atoms with Crippen molar-refractivity contribution in [1.82, 2.24) is 10.2 Å². The van der Waals surface area contributed by atoms with Gasteiger partial charge in [0.2, 0.25) is 11.8 Å². The number of nitrogens with zero attached hydrogens (tertiary/aromatic N) is 1. The van der Waals surface area contributed by atoms with E-state index in [0.717, 1.165) is 70.8 Å². The van der Waals surface area contributed by atoms with Crippen LogP contribution in [0.15, 0.2) is 0 Å². The van der Waals surface area contributed by atoms with E-state index in [1.807, 2.05) is 0 Å². The zero-order chi connectivity index (χ0) is 24.2. The minimum Gasteiger partial charge on any atom is -0.394 e. The molecule has 4 rings (SSSR count). The van der Waals surface area contributed by atoms with Gasteiger partial charge in [0.15, 0.2) is 0 Å². The first-order chi connectivity index (χ1) is 16.4. The minimum absolute atomic E-state index is 0.000471. The first kappa shape index (κ1) is 25.4. The van der Waals surface area contributed by atoms with E-state index in [4.69, 9.17) is 16.9 Å². The Balaban J connectivity index is 1.45. The molecule has 192 valence electrons. The van der Waals surface area contributed by atoms with E-state index in [-0.39, 0.29) is 54.2 Å². The van der Waals surface area contributed by atoms with Gasteiger partial charge in [-0.25, -0.2) is 0 Å². The number of aliphatic hydroxyl groups is 1. The van der Waals surface area contributed by atoms with Crippen molar-refractivity contribution in [2.75, 3.05) is 13.2 Å². The summed E-state index contributed by atoms with van der Waals surface area (Å²) in [4.78, 5) is 27.6. The van der Waals surface area contributed by atoms with Gasteiger partial charge in [0.1, 0.15) is 0 Å². The average Bonchev–Trinajstić information content (AvgIpc) is 3.21. The summed E-state index contributed by atoms with van der Waals surface area (Å²) in [6.45, 7) is 0.849. The lowest BCUT2D eigenvalue weighted by Crippen LogP contribution is -2.53. The molecule has 34 heavy (non-hydrogen) atoms. The molecule has 0 radical (unpaired) electrons. The van der Waals surface area contributed by atoms with Crippen molar-refractivity contribution in [3.05, 3.63) is 0 Å². The number of carbonyl (C=O) groups is 2. The van der Waals surface area contributed by atoms with Gasteiger partial charge in [-0.1, -0.05) is 19.3 Å². The van der Waals surface area contributed by atoms with Gasteiger partial charge in [0.25, 0.3) is 0 Å². The summed E-state index contributed by atoms with van der Waals surface area (Å²) >= 11 is 0. The highest BCUT2D eigenvalue weighted by Gasteiger charge is 2.48. The quantitative estimate of drug-likeness (QED) is 0.270. The summed E-state index contributed by atoms with van der Waals surface area (Å²) < 4.78 is 0. The highest BCUT2D eigenvalue weighted by molar-refractivity contribution is 5.83. The number of likely N-dealkylation sites (tertiary alicyclic amines) is 1. The number of aliphatic hydroxyl groups excluding tert-OH is 1. The van der Waals surface area contributed by atoms with Crippen LogP contribution in [0, 0.1) is 35.0 Å². The Bertz CT molecular complexity index is 732. The van der Waals surface area contributed by atoms with Crippen molar-refractivity contribution in [1.29, 1.82) is 5.41 Å². The van der Waals surface area contributed by atoms with Crippen LogP contribution >= 0.6 is 0 Å². The average molecular weight is 476 g/mol. The molecule has 0 aromatic carbocycles. The third-order valence-electron chi connectivity index (χ3n) is 9.51. The van der Waals surface area contributed by atoms with E-state index in [1.165, 1.54) is 19.3 Å². The molecule has 3 aliphatic carbocycles. The van der Waals surface area contributed by atoms with Gasteiger partial charge < -0.3 is 21.9 Å². The van der Waals surface area contributed by atoms with E-state index < -0.39 is 0 Å². The van der Waals surface area contributed by atoms with Crippen LogP contribution in [-0.4, -0.2) is 58.9 Å². The molecule has 8 heteroatoms. The van der Waals surface area contributed by atoms with Crippen LogP contribution in [0.2, 0.25) is 0 Å². The number of amides is 2. The number of hydrogen-bond acceptors (Lipinski definition) is 5. The summed E-state index contributed by atoms with van der Waals surface area (Å²) in [7, 11) is 0. The van der Waals surface area contributed by atoms with Gasteiger partial charge in [0, 0.05) is 24.4 Å². The SMILES string of the molecule is N=C(N)C1CCC2CC(C(=O)N[C@@H](CO)C3CCCCC3)N(CC3CCC(C(N)=O)CC3)C2C1. The van der Waals surface area contributed by atoms with Gasteiger partial charge in [0.05, 0.1) is 24.5 Å². The molecule has 4 aliphatic rings. The predicted octanol–water partition coefficient (Wildman–Crippen LogP) is 2.13. The standard InChI is InChI=1S/C26H45N5O3/c27-24(28)20-11-10-19-12-23(26(34)30-21(15-32)17-4-2-1-3-5-17)31(22(19)13-20)14-16-6-8-18(9-7-16)25(29)33/h16-23,32H,1-15H2,(H3,27,28)(H2,29,33)(H,30,34)/t16?,18?,19?,20?,21-,22?,23?/m0/s1. The van der Waals surface area contributed by atoms with Crippen molar-refractivity contribution in [3.8, 4) is 0 Å². The molecule has 0 spiro atoms. The summed E-state index contributed by atoms with van der Waals surface area (Å²) in [6, 6.07) is -0.0741. The molecular formula is C26H45N5O3. The molecule has 8 nitrogen and oxygen atoms in total. The maximum atomic E-state index is 13.6. The highest BCUT2D eigenvalue weighted by atomic mass is 16.3. The van der Waals surface area contributed by atoms with E-state index in [9.17, 15) is 14.7 Å². The number of nitrogens with one attached hydrogen (secondary N) is 2. The van der Waals surface area contributed by atoms with Gasteiger partial charge in [-0.05, 0) is 82.0 Å². The fourth-order valence-corrected chi connectivity index (χ4v) is 7.40. The number of nitrogens with two attached hydrogens (primary N) is 2. The lowest BCUT2D eigenvalue weighted by Gasteiger charge is -2.40. The van der Waals surface area contributed by atoms with Crippen molar-refractivity contribution in [2.45, 2.75) is 102 Å². The van der Waals surface area contributed by atoms with E-state index >= 15 is 0 Å². The first-order valence-electron chi connectivity index (χ1n) is 13.7. The van der Waals surface area contributed by atoms with Crippen molar-refractivity contribution in [3.63, 3.8) is 0 Å². The number of hydrogen-bond donors (Lipinski definition) is 5. The first-order valence-corrected chi connectivity index (χ1v) is 13.7. The topological polar surface area (TPSA) is 146 Å². The van der Waals surface area contributed by atoms with Crippen LogP contribution in [-0.2, 0) is 9.59 Å². The second kappa shape index (κ2) is 11.4. The molecule has 7 N–H and O–H groups in total. The normalized spacial score (nSPS) is 35.9. The zero-order valence-corrected chi connectivity index (χ0v) is 20.6. The van der Waals surface area contributed by atoms with Crippen LogP contribution in [0.4, 0.5) is 0 Å². The van der Waals surface area contributed by atoms with Crippen LogP contribution in [0.25, 0.3) is 0 Å². The fraction of sp³-hybridized carbons (Fsp3) is 0.885. The van der Waals surface area contributed by atoms with E-state index in [0.29, 0.717) is 17.8 Å². The monoisotopic (exact) mass is 475 g/mol. The molecule has 0 aromatic heterocycles. The number of amidine groups is 1. The summed E-state index contributed by atoms with van der Waals surface area (Å²) in [6.07, 6.45) is 13.0. The maximum absolute atomic E-state index is 13.6. The lowest BCUT2D eigenvalue weighted by molar-refractivity contribution is -0.128. The molecule has 1 aliphatic heterocycles. The predicted molar refractivity (Wildman–Crippen MR) is 132 cm³/mol. The molecule has 4 unspecified atom stereocenters. The fourth-order valence-electron chi connectivity index (χ4n) is 7.40. The number of carbonyl (C=O) groups excluding carboxylic acids is 2. The van der Waals surface area contributed by atoms with Gasteiger partial charge in [-0.2, -0.15) is 0 Å². The zero-order valence-electron chi connectivity index (χ0n) is 20.6. The van der Waals surface area contributed by atoms with E-state index in [2.05, 4.69) is 10.2 Å². The number of fused-ring (bicyclic) bond motifs is 1. The third kappa shape index (κ3) is 5.76. The Kier molecular flexibility index (Phi) is 8.51. The van der Waals surface area contributed by atoms with Crippen LogP contribution < -0.4 is 16.8 Å². The minimum atomic E-state index is -0.189. The van der Waals surface area contributed by atoms with Crippen LogP contribution in [0.3, 0.4) is 0 Å². The van der Waals surface area contributed by atoms with Crippen molar-refractivity contribution in [2.24, 2.45) is 41.1 Å². The molecule has 0 bridgehead atoms.